The molecule has 34 heavy (non-hydrogen) atoms. The minimum Gasteiger partial charge on any atom is -0.383 e. The summed E-state index contributed by atoms with van der Waals surface area (Å²) in [5, 5.41) is 13.9. The highest BCUT2D eigenvalue weighted by Gasteiger charge is 2.50. The number of aromatic nitrogens is 6. The van der Waals surface area contributed by atoms with Gasteiger partial charge in [0.05, 0.1) is 48.8 Å². The maximum Gasteiger partial charge on any atom is 0.112 e. The molecule has 2 aliphatic rings. The number of ether oxygens (including phenoxy) is 1. The zero-order valence-corrected chi connectivity index (χ0v) is 22.8. The number of imidazole rings is 1. The van der Waals surface area contributed by atoms with Crippen molar-refractivity contribution in [3.63, 3.8) is 0 Å². The van der Waals surface area contributed by atoms with Crippen LogP contribution in [0.25, 0.3) is 33.4 Å². The summed E-state index contributed by atoms with van der Waals surface area (Å²) in [6.45, 7) is 5.84. The Bertz CT molecular complexity index is 1360. The average molecular weight is 589 g/mol. The maximum atomic E-state index is 5.30. The van der Waals surface area contributed by atoms with E-state index in [4.69, 9.17) is 9.72 Å². The Balaban J connectivity index is 1.51. The molecule has 1 N–H and O–H groups in total. The molecule has 6 rings (SSSR count). The van der Waals surface area contributed by atoms with Gasteiger partial charge in [-0.25, -0.2) is 9.44 Å². The molecular weight excluding hydrogens is 560 g/mol. The van der Waals surface area contributed by atoms with Gasteiger partial charge in [-0.3, -0.25) is 4.68 Å². The molecule has 1 unspecified atom stereocenters. The molecule has 4 heterocycles. The van der Waals surface area contributed by atoms with Crippen molar-refractivity contribution in [2.24, 2.45) is 12.5 Å². The van der Waals surface area contributed by atoms with Gasteiger partial charge in [-0.15, -0.1) is 0 Å². The Morgan fingerprint density at radius 1 is 1.24 bits per heavy atom. The lowest BCUT2D eigenvalue weighted by molar-refractivity contribution is 0.0321. The van der Waals surface area contributed by atoms with Crippen LogP contribution in [0.1, 0.15) is 30.1 Å². The second-order valence-corrected chi connectivity index (χ2v) is 11.8. The highest BCUT2D eigenvalue weighted by molar-refractivity contribution is 14.2. The summed E-state index contributed by atoms with van der Waals surface area (Å²) in [6.07, 6.45) is 9.04. The summed E-state index contributed by atoms with van der Waals surface area (Å²) in [7, 11) is 3.90. The van der Waals surface area contributed by atoms with E-state index in [0.717, 1.165) is 36.6 Å². The number of aryl methyl sites for hydroxylation is 1. The fraction of sp³-hybridized carbons (Fsp3) is 0.458. The van der Waals surface area contributed by atoms with Crippen molar-refractivity contribution in [3.8, 4) is 22.5 Å². The van der Waals surface area contributed by atoms with Gasteiger partial charge in [0.2, 0.25) is 0 Å². The zero-order valence-electron chi connectivity index (χ0n) is 19.7. The third kappa shape index (κ3) is 3.54. The van der Waals surface area contributed by atoms with Crippen molar-refractivity contribution in [1.29, 1.82) is 0 Å². The standard InChI is InChI=1S/C24H29IN7OP/c1-15-4-5-19-18(11-28-32(19)34-25)20(15)22-21(17-10-27-31(12-17)6-7-33-3)29-23(30(22)2)16-8-24(9-16)13-26-14-24/h4-5,10-12,16,26,34H,6-9,13-14H2,1-3H3. The monoisotopic (exact) mass is 589 g/mol. The van der Waals surface area contributed by atoms with Crippen LogP contribution in [0.5, 0.6) is 0 Å². The number of nitrogens with zero attached hydrogens (tertiary/aromatic N) is 6. The van der Waals surface area contributed by atoms with Crippen LogP contribution in [-0.4, -0.2) is 55.7 Å². The van der Waals surface area contributed by atoms with Crippen LogP contribution in [0.4, 0.5) is 0 Å². The van der Waals surface area contributed by atoms with Gasteiger partial charge < -0.3 is 14.6 Å². The van der Waals surface area contributed by atoms with Crippen LogP contribution < -0.4 is 5.32 Å². The van der Waals surface area contributed by atoms with E-state index in [2.05, 4.69) is 78.9 Å². The van der Waals surface area contributed by atoms with Crippen molar-refractivity contribution < 1.29 is 4.74 Å². The predicted molar refractivity (Wildman–Crippen MR) is 145 cm³/mol. The molecule has 1 aliphatic heterocycles. The molecule has 1 aromatic carbocycles. The Labute approximate surface area is 213 Å². The smallest absolute Gasteiger partial charge is 0.112 e. The normalized spacial score (nSPS) is 17.8. The Kier molecular flexibility index (Phi) is 5.79. The summed E-state index contributed by atoms with van der Waals surface area (Å²) in [4.78, 5) is 5.30. The van der Waals surface area contributed by atoms with Crippen molar-refractivity contribution in [2.75, 3.05) is 26.8 Å². The first-order chi connectivity index (χ1) is 16.5. The first kappa shape index (κ1) is 22.6. The summed E-state index contributed by atoms with van der Waals surface area (Å²) >= 11 is 2.39. The van der Waals surface area contributed by atoms with E-state index in [9.17, 15) is 0 Å². The third-order valence-corrected chi connectivity index (χ3v) is 9.45. The number of nitrogens with one attached hydrogen (secondary N) is 1. The van der Waals surface area contributed by atoms with E-state index >= 15 is 0 Å². The molecule has 8 nitrogen and oxygen atoms in total. The van der Waals surface area contributed by atoms with Crippen molar-refractivity contribution in [3.05, 3.63) is 42.1 Å². The molecule has 178 valence electrons. The average Bonchev–Trinajstić information content (AvgIpc) is 3.48. The van der Waals surface area contributed by atoms with Gasteiger partial charge in [-0.1, -0.05) is 6.07 Å². The van der Waals surface area contributed by atoms with Crippen molar-refractivity contribution in [1.82, 2.24) is 34.2 Å². The number of hydrogen-bond donors (Lipinski definition) is 1. The number of halogens is 1. The number of fused-ring (bicyclic) bond motifs is 1. The van der Waals surface area contributed by atoms with Gasteiger partial charge in [0.15, 0.2) is 0 Å². The molecule has 3 aromatic heterocycles. The SMILES string of the molecule is COCCn1cc(-c2nc(C3CC4(CNC4)C3)n(C)c2-c2c(C)ccc3c2cnn3PI)cn1. The van der Waals surface area contributed by atoms with Gasteiger partial charge in [0, 0.05) is 55.9 Å². The van der Waals surface area contributed by atoms with E-state index in [1.165, 1.54) is 40.7 Å². The Morgan fingerprint density at radius 2 is 2.06 bits per heavy atom. The minimum absolute atomic E-state index is 0.500. The van der Waals surface area contributed by atoms with Crippen molar-refractivity contribution >= 4 is 39.3 Å². The quantitative estimate of drug-likeness (QED) is 0.254. The van der Waals surface area contributed by atoms with Gasteiger partial charge in [0.1, 0.15) is 5.82 Å². The lowest BCUT2D eigenvalue weighted by Crippen LogP contribution is -2.59. The first-order valence-corrected chi connectivity index (χ1v) is 15.7. The number of hydrogen-bond acceptors (Lipinski definition) is 5. The molecule has 0 amide bonds. The molecule has 1 saturated heterocycles. The molecule has 2 fully saturated rings. The lowest BCUT2D eigenvalue weighted by atomic mass is 9.58. The zero-order chi connectivity index (χ0) is 23.4. The lowest BCUT2D eigenvalue weighted by Gasteiger charge is -2.54. The Hall–Kier alpha value is -1.81. The van der Waals surface area contributed by atoms with Gasteiger partial charge >= 0.3 is 0 Å². The van der Waals surface area contributed by atoms with E-state index < -0.39 is 0 Å². The molecule has 0 radical (unpaired) electrons. The molecule has 1 aliphatic carbocycles. The first-order valence-electron chi connectivity index (χ1n) is 11.7. The number of rotatable bonds is 7. The highest BCUT2D eigenvalue weighted by atomic mass is 127. The molecule has 1 saturated carbocycles. The number of methoxy groups -OCH3 is 1. The third-order valence-electron chi connectivity index (χ3n) is 7.56. The molecule has 0 bridgehead atoms. The molecule has 1 spiro atoms. The molecule has 1 atom stereocenters. The van der Waals surface area contributed by atoms with E-state index in [1.807, 2.05) is 17.1 Å². The second kappa shape index (κ2) is 8.69. The molecule has 4 aromatic rings. The van der Waals surface area contributed by atoms with Crippen LogP contribution in [0.3, 0.4) is 0 Å². The van der Waals surface area contributed by atoms with Crippen LogP contribution >= 0.6 is 28.4 Å². The number of benzene rings is 1. The minimum atomic E-state index is 0.500. The van der Waals surface area contributed by atoms with E-state index in [0.29, 0.717) is 24.3 Å². The Morgan fingerprint density at radius 3 is 2.76 bits per heavy atom. The van der Waals surface area contributed by atoms with Gasteiger partial charge in [-0.05, 0) is 58.9 Å². The maximum absolute atomic E-state index is 5.30. The highest BCUT2D eigenvalue weighted by Crippen LogP contribution is 2.54. The topological polar surface area (TPSA) is 74.7 Å². The predicted octanol–water partition coefficient (Wildman–Crippen LogP) is 4.51. The van der Waals surface area contributed by atoms with Crippen LogP contribution in [0, 0.1) is 12.3 Å². The van der Waals surface area contributed by atoms with Crippen molar-refractivity contribution in [2.45, 2.75) is 32.2 Å². The summed E-state index contributed by atoms with van der Waals surface area (Å²) in [5.41, 5.74) is 7.34. The largest absolute Gasteiger partial charge is 0.383 e. The van der Waals surface area contributed by atoms with Crippen LogP contribution in [0.15, 0.2) is 30.7 Å². The summed E-state index contributed by atoms with van der Waals surface area (Å²) < 4.78 is 11.6. The second-order valence-electron chi connectivity index (χ2n) is 9.75. The van der Waals surface area contributed by atoms with Gasteiger partial charge in [-0.2, -0.15) is 10.2 Å². The summed E-state index contributed by atoms with van der Waals surface area (Å²) in [6, 6.07) is 4.40. The summed E-state index contributed by atoms with van der Waals surface area (Å²) in [5.74, 6) is 1.69. The van der Waals surface area contributed by atoms with Gasteiger partial charge in [0.25, 0.3) is 0 Å². The van der Waals surface area contributed by atoms with E-state index in [1.54, 1.807) is 7.11 Å². The molecular formula is C24H29IN7OP. The van der Waals surface area contributed by atoms with E-state index in [-0.39, 0.29) is 0 Å². The fourth-order valence-corrected chi connectivity index (χ4v) is 7.23. The van der Waals surface area contributed by atoms with Crippen LogP contribution in [-0.2, 0) is 18.3 Å². The molecule has 10 heteroatoms. The fourth-order valence-electron chi connectivity index (χ4n) is 5.69. The van der Waals surface area contributed by atoms with Crippen LogP contribution in [0.2, 0.25) is 0 Å².